The van der Waals surface area contributed by atoms with Crippen molar-refractivity contribution in [3.63, 3.8) is 0 Å². The molecule has 0 saturated heterocycles. The number of amides is 1. The number of nitrogens with one attached hydrogen (secondary N) is 1. The lowest BCUT2D eigenvalue weighted by Crippen LogP contribution is -2.14. The molecule has 0 radical (unpaired) electrons. The lowest BCUT2D eigenvalue weighted by Gasteiger charge is -2.07. The van der Waals surface area contributed by atoms with E-state index in [2.05, 4.69) is 10.5 Å². The quantitative estimate of drug-likeness (QED) is 0.678. The Kier molecular flexibility index (Phi) is 4.80. The largest absolute Gasteiger partial charge is 0.462 e. The molecule has 128 valence electrons. The summed E-state index contributed by atoms with van der Waals surface area (Å²) in [6.07, 6.45) is 0. The predicted molar refractivity (Wildman–Crippen MR) is 94.6 cm³/mol. The third kappa shape index (κ3) is 3.53. The van der Waals surface area contributed by atoms with Crippen LogP contribution in [0.1, 0.15) is 27.6 Å². The van der Waals surface area contributed by atoms with Crippen LogP contribution in [0.3, 0.4) is 0 Å². The van der Waals surface area contributed by atoms with Crippen LogP contribution in [-0.4, -0.2) is 23.6 Å². The van der Waals surface area contributed by atoms with Crippen LogP contribution in [-0.2, 0) is 4.74 Å². The summed E-state index contributed by atoms with van der Waals surface area (Å²) in [4.78, 5) is 24.4. The van der Waals surface area contributed by atoms with Crippen LogP contribution in [0, 0.1) is 0 Å². The third-order valence-electron chi connectivity index (χ3n) is 3.37. The first-order chi connectivity index (χ1) is 12.1. The number of nitrogens with zero attached hydrogens (tertiary/aromatic N) is 1. The molecule has 2 aromatic heterocycles. The highest BCUT2D eigenvalue weighted by molar-refractivity contribution is 7.08. The van der Waals surface area contributed by atoms with E-state index in [1.54, 1.807) is 25.1 Å². The van der Waals surface area contributed by atoms with Crippen molar-refractivity contribution in [1.82, 2.24) is 5.16 Å². The highest BCUT2D eigenvalue weighted by Crippen LogP contribution is 2.29. The Hall–Kier alpha value is -3.13. The van der Waals surface area contributed by atoms with Gasteiger partial charge in [0.2, 0.25) is 5.88 Å². The van der Waals surface area contributed by atoms with E-state index in [1.165, 1.54) is 17.4 Å². The molecule has 0 aliphatic rings. The standard InChI is InChI=1S/C17H15N3O4S/c1-2-23-17(22)10-4-3-5-12(8-10)19-16(21)13-14(20-24-15(13)18)11-6-7-25-9-11/h3-9H,2,18H2,1H3,(H,19,21). The molecule has 0 fully saturated rings. The zero-order valence-corrected chi connectivity index (χ0v) is 14.1. The zero-order valence-electron chi connectivity index (χ0n) is 13.3. The van der Waals surface area contributed by atoms with Crippen LogP contribution in [0.2, 0.25) is 0 Å². The van der Waals surface area contributed by atoms with Gasteiger partial charge in [-0.25, -0.2) is 4.79 Å². The number of nitrogens with two attached hydrogens (primary N) is 1. The fraction of sp³-hybridized carbons (Fsp3) is 0.118. The zero-order chi connectivity index (χ0) is 17.8. The summed E-state index contributed by atoms with van der Waals surface area (Å²) in [6.45, 7) is 2.00. The van der Waals surface area contributed by atoms with Crippen molar-refractivity contribution in [3.05, 3.63) is 52.2 Å². The lowest BCUT2D eigenvalue weighted by atomic mass is 10.1. The number of carbonyl (C=O) groups is 2. The van der Waals surface area contributed by atoms with Gasteiger partial charge >= 0.3 is 5.97 Å². The van der Waals surface area contributed by atoms with Crippen molar-refractivity contribution in [2.75, 3.05) is 17.7 Å². The molecule has 0 unspecified atom stereocenters. The monoisotopic (exact) mass is 357 g/mol. The van der Waals surface area contributed by atoms with Gasteiger partial charge in [0.1, 0.15) is 11.3 Å². The Labute approximate surface area is 147 Å². The second-order valence-electron chi connectivity index (χ2n) is 5.04. The number of hydrogen-bond donors (Lipinski definition) is 2. The van der Waals surface area contributed by atoms with Gasteiger partial charge in [-0.3, -0.25) is 4.79 Å². The molecule has 1 aromatic carbocycles. The summed E-state index contributed by atoms with van der Waals surface area (Å²) in [5, 5.41) is 10.3. The Morgan fingerprint density at radius 1 is 1.36 bits per heavy atom. The first kappa shape index (κ1) is 16.7. The number of hydrogen-bond acceptors (Lipinski definition) is 7. The molecule has 25 heavy (non-hydrogen) atoms. The Morgan fingerprint density at radius 2 is 2.20 bits per heavy atom. The minimum atomic E-state index is -0.471. The minimum absolute atomic E-state index is 0.0692. The molecular weight excluding hydrogens is 342 g/mol. The van der Waals surface area contributed by atoms with Crippen LogP contribution >= 0.6 is 11.3 Å². The maximum atomic E-state index is 12.6. The van der Waals surface area contributed by atoms with Crippen LogP contribution in [0.4, 0.5) is 11.6 Å². The van der Waals surface area contributed by atoms with Crippen molar-refractivity contribution >= 4 is 34.8 Å². The lowest BCUT2D eigenvalue weighted by molar-refractivity contribution is 0.0526. The fourth-order valence-electron chi connectivity index (χ4n) is 2.25. The van der Waals surface area contributed by atoms with E-state index in [0.717, 1.165) is 5.56 Å². The van der Waals surface area contributed by atoms with E-state index in [1.807, 2.05) is 16.8 Å². The van der Waals surface area contributed by atoms with Gasteiger partial charge in [0.05, 0.1) is 12.2 Å². The third-order valence-corrected chi connectivity index (χ3v) is 4.05. The molecular formula is C17H15N3O4S. The number of anilines is 2. The highest BCUT2D eigenvalue weighted by atomic mass is 32.1. The second-order valence-corrected chi connectivity index (χ2v) is 5.82. The molecule has 0 spiro atoms. The number of thiophene rings is 1. The van der Waals surface area contributed by atoms with E-state index < -0.39 is 11.9 Å². The summed E-state index contributed by atoms with van der Waals surface area (Å²) in [6, 6.07) is 8.27. The summed E-state index contributed by atoms with van der Waals surface area (Å²) in [5.41, 5.74) is 7.81. The van der Waals surface area contributed by atoms with Crippen LogP contribution < -0.4 is 11.1 Å². The molecule has 1 amide bonds. The van der Waals surface area contributed by atoms with Crippen LogP contribution in [0.5, 0.6) is 0 Å². The van der Waals surface area contributed by atoms with E-state index >= 15 is 0 Å². The molecule has 0 bridgehead atoms. The van der Waals surface area contributed by atoms with Gasteiger partial charge in [-0.15, -0.1) is 0 Å². The van der Waals surface area contributed by atoms with Crippen LogP contribution in [0.15, 0.2) is 45.6 Å². The topological polar surface area (TPSA) is 107 Å². The molecule has 7 nitrogen and oxygen atoms in total. The first-order valence-corrected chi connectivity index (χ1v) is 8.40. The van der Waals surface area contributed by atoms with E-state index in [-0.39, 0.29) is 18.1 Å². The molecule has 0 atom stereocenters. The van der Waals surface area contributed by atoms with Crippen molar-refractivity contribution in [3.8, 4) is 11.3 Å². The average Bonchev–Trinajstić information content (AvgIpc) is 3.24. The summed E-state index contributed by atoms with van der Waals surface area (Å²) < 4.78 is 9.92. The number of rotatable bonds is 5. The molecule has 0 aliphatic heterocycles. The summed E-state index contributed by atoms with van der Waals surface area (Å²) >= 11 is 1.47. The molecule has 3 aromatic rings. The summed E-state index contributed by atoms with van der Waals surface area (Å²) in [5.74, 6) is -0.997. The molecule has 2 heterocycles. The van der Waals surface area contributed by atoms with E-state index in [4.69, 9.17) is 15.0 Å². The molecule has 0 saturated carbocycles. The number of nitrogen functional groups attached to an aromatic ring is 1. The second kappa shape index (κ2) is 7.18. The Balaban J connectivity index is 1.85. The Morgan fingerprint density at radius 3 is 2.92 bits per heavy atom. The van der Waals surface area contributed by atoms with Crippen molar-refractivity contribution in [1.29, 1.82) is 0 Å². The fourth-order valence-corrected chi connectivity index (χ4v) is 2.89. The molecule has 3 rings (SSSR count). The average molecular weight is 357 g/mol. The van der Waals surface area contributed by atoms with Gasteiger partial charge in [-0.1, -0.05) is 11.2 Å². The SMILES string of the molecule is CCOC(=O)c1cccc(NC(=O)c2c(-c3ccsc3)noc2N)c1. The molecule has 0 aliphatic carbocycles. The van der Waals surface area contributed by atoms with Gasteiger partial charge in [0.15, 0.2) is 0 Å². The van der Waals surface area contributed by atoms with Crippen molar-refractivity contribution in [2.45, 2.75) is 6.92 Å². The van der Waals surface area contributed by atoms with Gasteiger partial charge in [0, 0.05) is 16.6 Å². The molecule has 8 heteroatoms. The number of esters is 1. The van der Waals surface area contributed by atoms with Gasteiger partial charge in [-0.05, 0) is 36.6 Å². The maximum Gasteiger partial charge on any atom is 0.338 e. The predicted octanol–water partition coefficient (Wildman–Crippen LogP) is 3.41. The van der Waals surface area contributed by atoms with E-state index in [9.17, 15) is 9.59 Å². The minimum Gasteiger partial charge on any atom is -0.462 e. The first-order valence-electron chi connectivity index (χ1n) is 7.46. The number of aromatic nitrogens is 1. The highest BCUT2D eigenvalue weighted by Gasteiger charge is 2.23. The normalized spacial score (nSPS) is 10.4. The van der Waals surface area contributed by atoms with Gasteiger partial charge < -0.3 is 20.3 Å². The smallest absolute Gasteiger partial charge is 0.338 e. The van der Waals surface area contributed by atoms with Crippen molar-refractivity contribution in [2.24, 2.45) is 0 Å². The van der Waals surface area contributed by atoms with E-state index in [0.29, 0.717) is 16.9 Å². The van der Waals surface area contributed by atoms with Gasteiger partial charge in [0.25, 0.3) is 5.91 Å². The van der Waals surface area contributed by atoms with Crippen molar-refractivity contribution < 1.29 is 18.8 Å². The maximum absolute atomic E-state index is 12.6. The summed E-state index contributed by atoms with van der Waals surface area (Å²) in [7, 11) is 0. The van der Waals surface area contributed by atoms with Gasteiger partial charge in [-0.2, -0.15) is 11.3 Å². The van der Waals surface area contributed by atoms with Crippen LogP contribution in [0.25, 0.3) is 11.3 Å². The number of carbonyl (C=O) groups excluding carboxylic acids is 2. The number of benzene rings is 1. The molecule has 3 N–H and O–H groups in total. The number of ether oxygens (including phenoxy) is 1. The Bertz CT molecular complexity index is 903.